The molecule has 0 rings (SSSR count). The molecule has 0 aromatic rings. The van der Waals surface area contributed by atoms with E-state index in [1.165, 1.54) is 0 Å². The Morgan fingerprint density at radius 2 is 1.09 bits per heavy atom. The van der Waals surface area contributed by atoms with Gasteiger partial charge in [-0.05, 0) is 0 Å². The molecule has 0 aliphatic heterocycles. The zero-order chi connectivity index (χ0) is 8.57. The maximum Gasteiger partial charge on any atom is 2.00 e. The van der Waals surface area contributed by atoms with Gasteiger partial charge in [0.2, 0.25) is 0 Å². The molecule has 0 unspecified atom stereocenters. The number of carboxylic acid groups (broad SMARTS) is 2. The van der Waals surface area contributed by atoms with Gasteiger partial charge in [-0.2, -0.15) is 10.5 Å². The number of hydrogen-bond acceptors (Lipinski definition) is 6. The van der Waals surface area contributed by atoms with Gasteiger partial charge in [0.1, 0.15) is 24.1 Å². The normalized spacial score (nSPS) is 4.91. The second-order valence-electron chi connectivity index (χ2n) is 0.799. The van der Waals surface area contributed by atoms with Gasteiger partial charge in [-0.25, -0.2) is 0 Å². The summed E-state index contributed by atoms with van der Waals surface area (Å²) >= 11 is 0. The molecule has 0 aromatic heterocycles. The van der Waals surface area contributed by atoms with Gasteiger partial charge < -0.3 is 19.8 Å². The van der Waals surface area contributed by atoms with Gasteiger partial charge in [-0.1, -0.05) is 0 Å². The summed E-state index contributed by atoms with van der Waals surface area (Å²) in [5.74, 6) is -3.38. The minimum Gasteiger partial charge on any atom is -0.535 e. The van der Waals surface area contributed by atoms with E-state index in [9.17, 15) is 0 Å². The Morgan fingerprint density at radius 3 is 1.09 bits per heavy atom. The summed E-state index contributed by atoms with van der Waals surface area (Å²) in [6, 6.07) is 1.67. The van der Waals surface area contributed by atoms with Crippen molar-refractivity contribution < 1.29 is 39.3 Å². The van der Waals surface area contributed by atoms with E-state index in [1.54, 1.807) is 0 Å². The molecule has 0 radical (unpaired) electrons. The molecule has 0 heterocycles. The summed E-state index contributed by atoms with van der Waals surface area (Å²) in [7, 11) is 0. The first kappa shape index (κ1) is 16.3. The Hall–Kier alpha value is -1.46. The van der Waals surface area contributed by atoms with Crippen LogP contribution in [0.4, 0.5) is 0 Å². The summed E-state index contributed by atoms with van der Waals surface area (Å²) in [5.41, 5.74) is 0. The topological polar surface area (TPSA) is 128 Å². The van der Waals surface area contributed by atoms with Crippen molar-refractivity contribution in [3.63, 3.8) is 0 Å². The standard InChI is InChI=1S/2C2HNO2.Zn/c2*3-1-2(4)5;/h2*(H,4,5);/q;;+2/p-2. The predicted molar refractivity (Wildman–Crippen MR) is 21.2 cm³/mol. The fourth-order valence-corrected chi connectivity index (χ4v) is 0. The summed E-state index contributed by atoms with van der Waals surface area (Å²) in [4.78, 5) is 17.8. The third kappa shape index (κ3) is 56.5. The van der Waals surface area contributed by atoms with Crippen molar-refractivity contribution in [1.82, 2.24) is 0 Å². The monoisotopic (exact) mass is 204 g/mol. The summed E-state index contributed by atoms with van der Waals surface area (Å²) in [6.45, 7) is 0. The Morgan fingerprint density at radius 1 is 1.00 bits per heavy atom. The molecule has 0 bridgehead atoms. The first-order valence-corrected chi connectivity index (χ1v) is 1.76. The summed E-state index contributed by atoms with van der Waals surface area (Å²) in [6.07, 6.45) is 0. The van der Waals surface area contributed by atoms with Crippen LogP contribution in [-0.4, -0.2) is 11.9 Å². The van der Waals surface area contributed by atoms with Crippen LogP contribution in [0.15, 0.2) is 0 Å². The number of aliphatic carboxylic acids is 2. The fourth-order valence-electron chi connectivity index (χ4n) is 0. The van der Waals surface area contributed by atoms with Crippen molar-refractivity contribution in [2.24, 2.45) is 0 Å². The van der Waals surface area contributed by atoms with E-state index in [-0.39, 0.29) is 19.5 Å². The molecule has 0 spiro atoms. The molecule has 0 aromatic carbocycles. The van der Waals surface area contributed by atoms with Gasteiger partial charge in [0.25, 0.3) is 0 Å². The quantitative estimate of drug-likeness (QED) is 0.298. The second-order valence-corrected chi connectivity index (χ2v) is 0.799. The van der Waals surface area contributed by atoms with Crippen LogP contribution in [0.1, 0.15) is 0 Å². The van der Waals surface area contributed by atoms with E-state index in [0.29, 0.717) is 0 Å². The Balaban J connectivity index is -0.000000107. The average molecular weight is 205 g/mol. The largest absolute Gasteiger partial charge is 2.00 e. The number of carbonyl (C=O) groups is 2. The van der Waals surface area contributed by atoms with Crippen LogP contribution in [0.2, 0.25) is 0 Å². The maximum atomic E-state index is 8.90. The number of nitrogens with zero attached hydrogens (tertiary/aromatic N) is 2. The molecule has 0 aliphatic rings. The number of rotatable bonds is 0. The molecule has 52 valence electrons. The van der Waals surface area contributed by atoms with Gasteiger partial charge in [0.05, 0.1) is 0 Å². The van der Waals surface area contributed by atoms with Crippen molar-refractivity contribution in [2.45, 2.75) is 0 Å². The Bertz CT molecular complexity index is 189. The first-order valence-electron chi connectivity index (χ1n) is 1.76. The van der Waals surface area contributed by atoms with Crippen LogP contribution < -0.4 is 10.2 Å². The van der Waals surface area contributed by atoms with Crippen LogP contribution in [0, 0.1) is 22.7 Å². The van der Waals surface area contributed by atoms with E-state index in [2.05, 4.69) is 0 Å². The molecule has 0 atom stereocenters. The van der Waals surface area contributed by atoms with E-state index >= 15 is 0 Å². The minimum absolute atomic E-state index is 0. The van der Waals surface area contributed by atoms with Gasteiger partial charge >= 0.3 is 19.5 Å². The third-order valence-electron chi connectivity index (χ3n) is 0.183. The summed E-state index contributed by atoms with van der Waals surface area (Å²) < 4.78 is 0. The maximum absolute atomic E-state index is 8.90. The van der Waals surface area contributed by atoms with Gasteiger partial charge in [0, 0.05) is 0 Å². The van der Waals surface area contributed by atoms with E-state index < -0.39 is 11.9 Å². The zero-order valence-electron chi connectivity index (χ0n) is 5.23. The molecule has 11 heavy (non-hydrogen) atoms. The Kier molecular flexibility index (Phi) is 16.8. The SMILES string of the molecule is N#CC(=O)[O-].N#CC(=O)[O-].[Zn+2]. The average Bonchev–Trinajstić information content (AvgIpc) is 1.89. The van der Waals surface area contributed by atoms with Crippen LogP contribution in [0.5, 0.6) is 0 Å². The molecular weight excluding hydrogens is 205 g/mol. The molecule has 0 fully saturated rings. The Labute approximate surface area is 74.4 Å². The molecule has 0 N–H and O–H groups in total. The fraction of sp³-hybridized carbons (Fsp3) is 0. The van der Waals surface area contributed by atoms with Crippen molar-refractivity contribution in [2.75, 3.05) is 0 Å². The van der Waals surface area contributed by atoms with Crippen molar-refractivity contribution in [3.8, 4) is 12.1 Å². The van der Waals surface area contributed by atoms with Crippen LogP contribution in [-0.2, 0) is 29.1 Å². The second kappa shape index (κ2) is 11.4. The van der Waals surface area contributed by atoms with Crippen LogP contribution in [0.25, 0.3) is 0 Å². The molecule has 0 saturated heterocycles. The van der Waals surface area contributed by atoms with Crippen LogP contribution in [0.3, 0.4) is 0 Å². The molecule has 0 aliphatic carbocycles. The van der Waals surface area contributed by atoms with Gasteiger partial charge in [-0.15, -0.1) is 0 Å². The molecule has 0 amide bonds. The van der Waals surface area contributed by atoms with Gasteiger partial charge in [0.15, 0.2) is 0 Å². The number of carboxylic acids is 2. The van der Waals surface area contributed by atoms with E-state index in [4.69, 9.17) is 30.3 Å². The number of nitriles is 2. The van der Waals surface area contributed by atoms with Crippen molar-refractivity contribution in [3.05, 3.63) is 0 Å². The molecule has 6 nitrogen and oxygen atoms in total. The van der Waals surface area contributed by atoms with Crippen LogP contribution >= 0.6 is 0 Å². The summed E-state index contributed by atoms with van der Waals surface area (Å²) in [5, 5.41) is 32.3. The smallest absolute Gasteiger partial charge is 0.535 e. The van der Waals surface area contributed by atoms with Crippen molar-refractivity contribution >= 4 is 11.9 Å². The first-order chi connectivity index (χ1) is 4.54. The number of carbonyl (C=O) groups excluding carboxylic acids is 2. The van der Waals surface area contributed by atoms with Crippen molar-refractivity contribution in [1.29, 1.82) is 10.5 Å². The number of hydrogen-bond donors (Lipinski definition) is 0. The third-order valence-corrected chi connectivity index (χ3v) is 0.183. The van der Waals surface area contributed by atoms with E-state index in [1.807, 2.05) is 0 Å². The molecular formula is C4N2O4Zn. The zero-order valence-corrected chi connectivity index (χ0v) is 8.20. The molecule has 0 saturated carbocycles. The molecule has 7 heteroatoms. The minimum atomic E-state index is -1.69. The predicted octanol–water partition coefficient (Wildman–Crippen LogP) is -3.48. The van der Waals surface area contributed by atoms with Gasteiger partial charge in [-0.3, -0.25) is 0 Å². The van der Waals surface area contributed by atoms with E-state index in [0.717, 1.165) is 12.1 Å².